The minimum Gasteiger partial charge on any atom is -0.393 e. The highest BCUT2D eigenvalue weighted by molar-refractivity contribution is 5.14. The quantitative estimate of drug-likeness (QED) is 0.808. The highest BCUT2D eigenvalue weighted by atomic mass is 16.3. The van der Waals surface area contributed by atoms with Crippen molar-refractivity contribution in [1.29, 1.82) is 0 Å². The molecule has 0 amide bonds. The summed E-state index contributed by atoms with van der Waals surface area (Å²) in [6, 6.07) is 11.5. The molecule has 3 atom stereocenters. The molecular weight excluding hydrogens is 258 g/mol. The van der Waals surface area contributed by atoms with Gasteiger partial charge in [0.15, 0.2) is 0 Å². The summed E-state index contributed by atoms with van der Waals surface area (Å²) in [6.07, 6.45) is 9.87. The summed E-state index contributed by atoms with van der Waals surface area (Å²) in [5.41, 5.74) is 1.46. The summed E-state index contributed by atoms with van der Waals surface area (Å²) in [7, 11) is 0. The summed E-state index contributed by atoms with van der Waals surface area (Å²) in [4.78, 5) is 2.67. The molecule has 1 saturated carbocycles. The molecule has 1 saturated heterocycles. The van der Waals surface area contributed by atoms with Gasteiger partial charge >= 0.3 is 0 Å². The lowest BCUT2D eigenvalue weighted by Crippen LogP contribution is -2.39. The van der Waals surface area contributed by atoms with Crippen LogP contribution in [0.15, 0.2) is 30.3 Å². The van der Waals surface area contributed by atoms with Gasteiger partial charge in [0.25, 0.3) is 0 Å². The van der Waals surface area contributed by atoms with Crippen LogP contribution >= 0.6 is 0 Å². The number of rotatable bonds is 6. The first-order chi connectivity index (χ1) is 10.3. The predicted octanol–water partition coefficient (Wildman–Crippen LogP) is 3.63. The van der Waals surface area contributed by atoms with E-state index in [1.54, 1.807) is 0 Å². The van der Waals surface area contributed by atoms with E-state index in [4.69, 9.17) is 0 Å². The van der Waals surface area contributed by atoms with Crippen LogP contribution in [0.1, 0.15) is 50.5 Å². The molecule has 21 heavy (non-hydrogen) atoms. The molecule has 1 aromatic rings. The maximum Gasteiger partial charge on any atom is 0.0583 e. The van der Waals surface area contributed by atoms with Gasteiger partial charge in [0, 0.05) is 12.0 Å². The predicted molar refractivity (Wildman–Crippen MR) is 87.3 cm³/mol. The number of aryl methyl sites for hydroxylation is 1. The lowest BCUT2D eigenvalue weighted by Gasteiger charge is -2.31. The molecule has 2 heteroatoms. The smallest absolute Gasteiger partial charge is 0.0583 e. The van der Waals surface area contributed by atoms with Gasteiger partial charge in [-0.3, -0.25) is 0 Å². The van der Waals surface area contributed by atoms with Crippen LogP contribution in [0.2, 0.25) is 0 Å². The van der Waals surface area contributed by atoms with Gasteiger partial charge in [0.2, 0.25) is 0 Å². The van der Waals surface area contributed by atoms with Crippen LogP contribution in [0.3, 0.4) is 0 Å². The summed E-state index contributed by atoms with van der Waals surface area (Å²) in [5, 5.41) is 10.2. The summed E-state index contributed by atoms with van der Waals surface area (Å²) in [5.74, 6) is 0.557. The maximum absolute atomic E-state index is 10.2. The number of aliphatic hydroxyl groups excluding tert-OH is 1. The van der Waals surface area contributed by atoms with Crippen LogP contribution in [-0.2, 0) is 6.42 Å². The molecule has 1 aromatic carbocycles. The number of likely N-dealkylation sites (tertiary alicyclic amines) is 1. The zero-order valence-corrected chi connectivity index (χ0v) is 13.1. The third-order valence-electron chi connectivity index (χ3n) is 5.44. The van der Waals surface area contributed by atoms with E-state index < -0.39 is 0 Å². The molecule has 116 valence electrons. The Hall–Kier alpha value is -0.860. The van der Waals surface area contributed by atoms with Crippen molar-refractivity contribution in [2.75, 3.05) is 13.1 Å². The van der Waals surface area contributed by atoms with Crippen LogP contribution in [0, 0.1) is 5.92 Å². The third-order valence-corrected chi connectivity index (χ3v) is 5.44. The van der Waals surface area contributed by atoms with E-state index in [-0.39, 0.29) is 6.10 Å². The fourth-order valence-electron chi connectivity index (χ4n) is 4.32. The van der Waals surface area contributed by atoms with Gasteiger partial charge in [0.05, 0.1) is 6.10 Å². The third kappa shape index (κ3) is 3.87. The van der Waals surface area contributed by atoms with Gasteiger partial charge in [-0.05, 0) is 63.6 Å². The fraction of sp³-hybridized carbons (Fsp3) is 0.684. The summed E-state index contributed by atoms with van der Waals surface area (Å²) >= 11 is 0. The Morgan fingerprint density at radius 1 is 1.00 bits per heavy atom. The second kappa shape index (κ2) is 7.42. The molecule has 1 heterocycles. The Labute approximate surface area is 129 Å². The molecule has 0 radical (unpaired) electrons. The number of hydrogen-bond donors (Lipinski definition) is 1. The first-order valence-corrected chi connectivity index (χ1v) is 8.80. The molecule has 2 aliphatic rings. The van der Waals surface area contributed by atoms with Crippen molar-refractivity contribution >= 4 is 0 Å². The van der Waals surface area contributed by atoms with Crippen LogP contribution in [0.25, 0.3) is 0 Å². The molecule has 1 aliphatic carbocycles. The van der Waals surface area contributed by atoms with E-state index in [0.29, 0.717) is 12.0 Å². The van der Waals surface area contributed by atoms with Gasteiger partial charge in [-0.1, -0.05) is 36.8 Å². The summed E-state index contributed by atoms with van der Waals surface area (Å²) in [6.45, 7) is 2.47. The molecule has 3 unspecified atom stereocenters. The van der Waals surface area contributed by atoms with E-state index in [0.717, 1.165) is 6.42 Å². The zero-order valence-electron chi connectivity index (χ0n) is 13.1. The van der Waals surface area contributed by atoms with Crippen molar-refractivity contribution in [1.82, 2.24) is 4.90 Å². The zero-order chi connectivity index (χ0) is 14.5. The Balaban J connectivity index is 1.42. The molecular formula is C19H29NO. The van der Waals surface area contributed by atoms with Crippen molar-refractivity contribution in [3.8, 4) is 0 Å². The topological polar surface area (TPSA) is 23.5 Å². The van der Waals surface area contributed by atoms with Gasteiger partial charge in [-0.15, -0.1) is 0 Å². The second-order valence-electron chi connectivity index (χ2n) is 6.85. The fourth-order valence-corrected chi connectivity index (χ4v) is 4.32. The van der Waals surface area contributed by atoms with Gasteiger partial charge < -0.3 is 10.0 Å². The van der Waals surface area contributed by atoms with E-state index in [2.05, 4.69) is 35.2 Å². The average Bonchev–Trinajstić information content (AvgIpc) is 3.13. The summed E-state index contributed by atoms with van der Waals surface area (Å²) < 4.78 is 0. The van der Waals surface area contributed by atoms with Crippen molar-refractivity contribution in [3.05, 3.63) is 35.9 Å². The van der Waals surface area contributed by atoms with Crippen molar-refractivity contribution in [3.63, 3.8) is 0 Å². The lowest BCUT2D eigenvalue weighted by molar-refractivity contribution is 0.0741. The Bertz CT molecular complexity index is 419. The highest BCUT2D eigenvalue weighted by Gasteiger charge is 2.37. The molecule has 2 nitrogen and oxygen atoms in total. The Kier molecular flexibility index (Phi) is 5.32. The van der Waals surface area contributed by atoms with E-state index in [1.807, 2.05) is 0 Å². The largest absolute Gasteiger partial charge is 0.393 e. The Morgan fingerprint density at radius 2 is 1.86 bits per heavy atom. The van der Waals surface area contributed by atoms with Crippen molar-refractivity contribution in [2.24, 2.45) is 5.92 Å². The van der Waals surface area contributed by atoms with Gasteiger partial charge in [-0.25, -0.2) is 0 Å². The van der Waals surface area contributed by atoms with E-state index in [1.165, 1.54) is 63.6 Å². The average molecular weight is 287 g/mol. The molecule has 2 fully saturated rings. The monoisotopic (exact) mass is 287 g/mol. The van der Waals surface area contributed by atoms with Crippen LogP contribution < -0.4 is 0 Å². The van der Waals surface area contributed by atoms with Crippen molar-refractivity contribution in [2.45, 2.75) is 63.5 Å². The van der Waals surface area contributed by atoms with E-state index >= 15 is 0 Å². The van der Waals surface area contributed by atoms with Crippen molar-refractivity contribution < 1.29 is 5.11 Å². The molecule has 1 aliphatic heterocycles. The minimum atomic E-state index is -0.0279. The number of nitrogens with zero attached hydrogens (tertiary/aromatic N) is 1. The first-order valence-electron chi connectivity index (χ1n) is 8.80. The number of unbranched alkanes of at least 4 members (excludes halogenated alkanes) is 1. The highest BCUT2D eigenvalue weighted by Crippen LogP contribution is 2.35. The SMILES string of the molecule is OC1CCCC1C1CCCN1CCCCc1ccccc1. The van der Waals surface area contributed by atoms with Gasteiger partial charge in [0.1, 0.15) is 0 Å². The lowest BCUT2D eigenvalue weighted by atomic mass is 9.94. The number of hydrogen-bond acceptors (Lipinski definition) is 2. The van der Waals surface area contributed by atoms with Crippen LogP contribution in [0.5, 0.6) is 0 Å². The molecule has 0 aromatic heterocycles. The van der Waals surface area contributed by atoms with Crippen LogP contribution in [-0.4, -0.2) is 35.2 Å². The number of aliphatic hydroxyl groups is 1. The second-order valence-corrected chi connectivity index (χ2v) is 6.85. The van der Waals surface area contributed by atoms with Gasteiger partial charge in [-0.2, -0.15) is 0 Å². The molecule has 1 N–H and O–H groups in total. The molecule has 0 spiro atoms. The Morgan fingerprint density at radius 3 is 2.62 bits per heavy atom. The van der Waals surface area contributed by atoms with Crippen LogP contribution in [0.4, 0.5) is 0 Å². The molecule has 3 rings (SSSR count). The normalized spacial score (nSPS) is 30.0. The molecule has 0 bridgehead atoms. The number of benzene rings is 1. The first kappa shape index (κ1) is 15.1. The minimum absolute atomic E-state index is 0.0279. The standard InChI is InChI=1S/C19H29NO/c21-19-13-6-11-17(19)18-12-7-15-20(18)14-5-4-10-16-8-2-1-3-9-16/h1-3,8-9,17-19,21H,4-7,10-15H2. The van der Waals surface area contributed by atoms with E-state index in [9.17, 15) is 5.11 Å². The maximum atomic E-state index is 10.2.